The minimum Gasteiger partial charge on any atom is -0.324 e. The van der Waals surface area contributed by atoms with Gasteiger partial charge in [0.05, 0.1) is 0 Å². The number of pyridine rings is 1. The van der Waals surface area contributed by atoms with Crippen LogP contribution < -0.4 is 10.6 Å². The van der Waals surface area contributed by atoms with Gasteiger partial charge in [0.1, 0.15) is 6.04 Å². The van der Waals surface area contributed by atoms with Gasteiger partial charge in [-0.05, 0) is 29.1 Å². The minimum absolute atomic E-state index is 0.00602. The van der Waals surface area contributed by atoms with Crippen LogP contribution in [-0.2, 0) is 4.79 Å². The fraction of sp³-hybridized carbons (Fsp3) is 0.238. The van der Waals surface area contributed by atoms with E-state index in [0.29, 0.717) is 0 Å². The van der Waals surface area contributed by atoms with Crippen molar-refractivity contribution < 1.29 is 4.79 Å². The predicted octanol–water partition coefficient (Wildman–Crippen LogP) is 2.82. The van der Waals surface area contributed by atoms with Gasteiger partial charge in [0, 0.05) is 49.6 Å². The van der Waals surface area contributed by atoms with Crippen molar-refractivity contribution in [1.29, 1.82) is 0 Å². The molecular weight excluding hydrogens is 324 g/mol. The Bertz CT molecular complexity index is 891. The number of anilines is 1. The van der Waals surface area contributed by atoms with Crippen LogP contribution >= 0.6 is 0 Å². The van der Waals surface area contributed by atoms with Crippen LogP contribution in [0, 0.1) is 0 Å². The van der Waals surface area contributed by atoms with Gasteiger partial charge in [0.15, 0.2) is 0 Å². The first-order valence-corrected chi connectivity index (χ1v) is 8.96. The Morgan fingerprint density at radius 2 is 1.85 bits per heavy atom. The van der Waals surface area contributed by atoms with Gasteiger partial charge in [-0.1, -0.05) is 36.4 Å². The lowest BCUT2D eigenvalue weighted by Crippen LogP contribution is -2.48. The molecule has 1 atom stereocenters. The molecule has 1 fully saturated rings. The molecule has 0 radical (unpaired) electrons. The van der Waals surface area contributed by atoms with Crippen molar-refractivity contribution >= 4 is 22.4 Å². The molecule has 1 aliphatic heterocycles. The molecule has 1 aromatic heterocycles. The molecule has 5 nitrogen and oxygen atoms in total. The van der Waals surface area contributed by atoms with Gasteiger partial charge in [-0.15, -0.1) is 0 Å². The lowest BCUT2D eigenvalue weighted by Gasteiger charge is -2.34. The van der Waals surface area contributed by atoms with Gasteiger partial charge in [0.2, 0.25) is 5.91 Å². The van der Waals surface area contributed by atoms with Crippen LogP contribution in [0.4, 0.5) is 5.69 Å². The van der Waals surface area contributed by atoms with Crippen LogP contribution in [0.15, 0.2) is 67.0 Å². The summed E-state index contributed by atoms with van der Waals surface area (Å²) in [6, 6.07) is 17.6. The molecule has 26 heavy (non-hydrogen) atoms. The highest BCUT2D eigenvalue weighted by Crippen LogP contribution is 2.24. The monoisotopic (exact) mass is 346 g/mol. The zero-order valence-electron chi connectivity index (χ0n) is 14.6. The molecular formula is C21H22N4O. The number of fused-ring (bicyclic) bond motifs is 1. The van der Waals surface area contributed by atoms with Gasteiger partial charge in [-0.2, -0.15) is 0 Å². The minimum atomic E-state index is -0.286. The molecule has 4 rings (SSSR count). The van der Waals surface area contributed by atoms with E-state index in [9.17, 15) is 4.79 Å². The highest BCUT2D eigenvalue weighted by Gasteiger charge is 2.28. The van der Waals surface area contributed by atoms with Crippen molar-refractivity contribution in [2.45, 2.75) is 6.04 Å². The van der Waals surface area contributed by atoms with Gasteiger partial charge < -0.3 is 10.6 Å². The average molecular weight is 346 g/mol. The van der Waals surface area contributed by atoms with Crippen LogP contribution in [0.5, 0.6) is 0 Å². The summed E-state index contributed by atoms with van der Waals surface area (Å²) in [4.78, 5) is 19.5. The Balaban J connectivity index is 1.60. The van der Waals surface area contributed by atoms with Crippen molar-refractivity contribution in [3.05, 3.63) is 72.6 Å². The molecule has 0 bridgehead atoms. The zero-order chi connectivity index (χ0) is 17.8. The largest absolute Gasteiger partial charge is 0.324 e. The van der Waals surface area contributed by atoms with E-state index in [4.69, 9.17) is 0 Å². The van der Waals surface area contributed by atoms with Crippen LogP contribution in [0.25, 0.3) is 10.8 Å². The van der Waals surface area contributed by atoms with Crippen molar-refractivity contribution in [2.24, 2.45) is 0 Å². The summed E-state index contributed by atoms with van der Waals surface area (Å²) in [6.07, 6.45) is 3.59. The Morgan fingerprint density at radius 1 is 1.04 bits per heavy atom. The predicted molar refractivity (Wildman–Crippen MR) is 104 cm³/mol. The number of rotatable bonds is 4. The van der Waals surface area contributed by atoms with Crippen LogP contribution in [-0.4, -0.2) is 42.0 Å². The molecule has 2 heterocycles. The van der Waals surface area contributed by atoms with E-state index in [2.05, 4.69) is 20.5 Å². The first-order chi connectivity index (χ1) is 12.8. The molecule has 132 valence electrons. The smallest absolute Gasteiger partial charge is 0.246 e. The summed E-state index contributed by atoms with van der Waals surface area (Å²) in [5.41, 5.74) is 1.83. The molecule has 5 heteroatoms. The number of hydrogen-bond acceptors (Lipinski definition) is 4. The van der Waals surface area contributed by atoms with E-state index in [-0.39, 0.29) is 11.9 Å². The van der Waals surface area contributed by atoms with Crippen molar-refractivity contribution in [1.82, 2.24) is 15.2 Å². The SMILES string of the molecule is O=C(Nc1ccc2cnccc2c1)C(c1ccccc1)N1CCNCC1. The maximum absolute atomic E-state index is 13.2. The second-order valence-electron chi connectivity index (χ2n) is 6.53. The highest BCUT2D eigenvalue weighted by molar-refractivity contribution is 5.97. The Morgan fingerprint density at radius 3 is 2.65 bits per heavy atom. The van der Waals surface area contributed by atoms with Crippen molar-refractivity contribution in [2.75, 3.05) is 31.5 Å². The number of carbonyl (C=O) groups is 1. The number of hydrogen-bond donors (Lipinski definition) is 2. The standard InChI is InChI=1S/C21H22N4O/c26-21(24-19-7-6-18-15-23-9-8-17(18)14-19)20(16-4-2-1-3-5-16)25-12-10-22-11-13-25/h1-9,14-15,20,22H,10-13H2,(H,24,26). The molecule has 3 aromatic rings. The van der Waals surface area contributed by atoms with Crippen LogP contribution in [0.3, 0.4) is 0 Å². The third-order valence-electron chi connectivity index (χ3n) is 4.79. The molecule has 1 unspecified atom stereocenters. The Kier molecular flexibility index (Phi) is 4.91. The molecule has 1 aliphatic rings. The number of amides is 1. The maximum atomic E-state index is 13.2. The van der Waals surface area contributed by atoms with E-state index in [0.717, 1.165) is 48.2 Å². The molecule has 0 saturated carbocycles. The number of nitrogens with one attached hydrogen (secondary N) is 2. The number of piperazine rings is 1. The third-order valence-corrected chi connectivity index (χ3v) is 4.79. The fourth-order valence-corrected chi connectivity index (χ4v) is 3.48. The van der Waals surface area contributed by atoms with Gasteiger partial charge in [-0.25, -0.2) is 0 Å². The van der Waals surface area contributed by atoms with Crippen molar-refractivity contribution in [3.8, 4) is 0 Å². The van der Waals surface area contributed by atoms with Gasteiger partial charge >= 0.3 is 0 Å². The first-order valence-electron chi connectivity index (χ1n) is 8.96. The van der Waals surface area contributed by atoms with E-state index in [1.807, 2.05) is 60.8 Å². The first kappa shape index (κ1) is 16.7. The van der Waals surface area contributed by atoms with Crippen LogP contribution in [0.2, 0.25) is 0 Å². The normalized spacial score (nSPS) is 16.3. The summed E-state index contributed by atoms with van der Waals surface area (Å²) in [5, 5.41) is 8.59. The summed E-state index contributed by atoms with van der Waals surface area (Å²) >= 11 is 0. The zero-order valence-corrected chi connectivity index (χ0v) is 14.6. The van der Waals surface area contributed by atoms with Crippen LogP contribution in [0.1, 0.15) is 11.6 Å². The molecule has 2 aromatic carbocycles. The molecule has 1 saturated heterocycles. The van der Waals surface area contributed by atoms with E-state index < -0.39 is 0 Å². The summed E-state index contributed by atoms with van der Waals surface area (Å²) in [7, 11) is 0. The summed E-state index contributed by atoms with van der Waals surface area (Å²) < 4.78 is 0. The Labute approximate surface area is 153 Å². The number of aromatic nitrogens is 1. The maximum Gasteiger partial charge on any atom is 0.246 e. The second-order valence-corrected chi connectivity index (χ2v) is 6.53. The highest BCUT2D eigenvalue weighted by atomic mass is 16.2. The lowest BCUT2D eigenvalue weighted by molar-refractivity contribution is -0.121. The van der Waals surface area contributed by atoms with Gasteiger partial charge in [-0.3, -0.25) is 14.7 Å². The topological polar surface area (TPSA) is 57.3 Å². The number of carbonyl (C=O) groups excluding carboxylic acids is 1. The summed E-state index contributed by atoms with van der Waals surface area (Å²) in [5.74, 6) is 0.00602. The number of nitrogens with zero attached hydrogens (tertiary/aromatic N) is 2. The Hall–Kier alpha value is -2.76. The average Bonchev–Trinajstić information content (AvgIpc) is 2.70. The van der Waals surface area contributed by atoms with E-state index in [1.54, 1.807) is 6.20 Å². The van der Waals surface area contributed by atoms with Crippen molar-refractivity contribution in [3.63, 3.8) is 0 Å². The summed E-state index contributed by atoms with van der Waals surface area (Å²) in [6.45, 7) is 3.52. The number of benzene rings is 2. The van der Waals surface area contributed by atoms with E-state index >= 15 is 0 Å². The second kappa shape index (κ2) is 7.64. The molecule has 1 amide bonds. The molecule has 0 spiro atoms. The quantitative estimate of drug-likeness (QED) is 0.763. The molecule has 0 aliphatic carbocycles. The van der Waals surface area contributed by atoms with Gasteiger partial charge in [0.25, 0.3) is 0 Å². The molecule has 2 N–H and O–H groups in total. The third kappa shape index (κ3) is 3.59. The fourth-order valence-electron chi connectivity index (χ4n) is 3.48. The lowest BCUT2D eigenvalue weighted by atomic mass is 10.0. The van der Waals surface area contributed by atoms with E-state index in [1.165, 1.54) is 0 Å².